The third-order valence-electron chi connectivity index (χ3n) is 12.7. The quantitative estimate of drug-likeness (QED) is 0.147. The molecule has 12 aromatic rings. The van der Waals surface area contributed by atoms with Crippen molar-refractivity contribution in [2.24, 2.45) is 0 Å². The van der Waals surface area contributed by atoms with Gasteiger partial charge in [0.1, 0.15) is 0 Å². The fourth-order valence-electron chi connectivity index (χ4n) is 9.54. The Morgan fingerprint density at radius 3 is 1.14 bits per heavy atom. The average molecular weight is 832 g/mol. The van der Waals surface area contributed by atoms with Gasteiger partial charge in [-0.05, 0) is 120 Å². The molecule has 1 nitrogen and oxygen atoms in total. The number of anilines is 3. The zero-order valence-electron chi connectivity index (χ0n) is 35.0. The molecule has 0 aliphatic rings. The van der Waals surface area contributed by atoms with Gasteiger partial charge in [-0.25, -0.2) is 0 Å². The van der Waals surface area contributed by atoms with Gasteiger partial charge < -0.3 is 4.90 Å². The normalized spacial score (nSPS) is 11.4. The van der Waals surface area contributed by atoms with Crippen molar-refractivity contribution in [1.29, 1.82) is 0 Å². The molecule has 0 fully saturated rings. The molecule has 12 rings (SSSR count). The molecule has 0 unspecified atom stereocenters. The van der Waals surface area contributed by atoms with E-state index in [0.29, 0.717) is 0 Å². The molecule has 0 radical (unpaired) electrons. The summed E-state index contributed by atoms with van der Waals surface area (Å²) in [6, 6.07) is 90.7. The van der Waals surface area contributed by atoms with Gasteiger partial charge in [-0.1, -0.05) is 206 Å². The van der Waals surface area contributed by atoms with Crippen LogP contribution in [-0.2, 0) is 0 Å². The van der Waals surface area contributed by atoms with Gasteiger partial charge in [0.2, 0.25) is 0 Å². The third-order valence-corrected chi connectivity index (χ3v) is 14.0. The van der Waals surface area contributed by atoms with E-state index in [0.717, 1.165) is 17.1 Å². The van der Waals surface area contributed by atoms with Crippen LogP contribution < -0.4 is 4.90 Å². The summed E-state index contributed by atoms with van der Waals surface area (Å²) in [6.45, 7) is 0. The molecule has 0 amide bonds. The van der Waals surface area contributed by atoms with Crippen molar-refractivity contribution >= 4 is 70.1 Å². The van der Waals surface area contributed by atoms with E-state index in [2.05, 4.69) is 254 Å². The Labute approximate surface area is 377 Å². The van der Waals surface area contributed by atoms with Gasteiger partial charge in [0.05, 0.1) is 0 Å². The lowest BCUT2D eigenvalue weighted by atomic mass is 9.97. The molecular formula is C62H41NS. The predicted molar refractivity (Wildman–Crippen MR) is 276 cm³/mol. The van der Waals surface area contributed by atoms with Crippen LogP contribution in [0.5, 0.6) is 0 Å². The Morgan fingerprint density at radius 2 is 0.594 bits per heavy atom. The second-order valence-corrected chi connectivity index (χ2v) is 17.5. The minimum Gasteiger partial charge on any atom is -0.311 e. The minimum atomic E-state index is 1.10. The van der Waals surface area contributed by atoms with Crippen molar-refractivity contribution < 1.29 is 0 Å². The van der Waals surface area contributed by atoms with Gasteiger partial charge in [-0.2, -0.15) is 0 Å². The van der Waals surface area contributed by atoms with E-state index in [9.17, 15) is 0 Å². The van der Waals surface area contributed by atoms with Crippen LogP contribution in [0, 0.1) is 0 Å². The number of rotatable bonds is 8. The zero-order chi connectivity index (χ0) is 42.4. The van der Waals surface area contributed by atoms with Gasteiger partial charge in [0, 0.05) is 37.2 Å². The number of hydrogen-bond acceptors (Lipinski definition) is 2. The highest BCUT2D eigenvalue weighted by atomic mass is 32.1. The first-order valence-electron chi connectivity index (χ1n) is 21.9. The maximum absolute atomic E-state index is 2.37. The lowest BCUT2D eigenvalue weighted by Crippen LogP contribution is -2.09. The Morgan fingerprint density at radius 1 is 0.234 bits per heavy atom. The summed E-state index contributed by atoms with van der Waals surface area (Å²) >= 11 is 1.90. The van der Waals surface area contributed by atoms with Gasteiger partial charge in [0.25, 0.3) is 0 Å². The van der Waals surface area contributed by atoms with Crippen LogP contribution >= 0.6 is 11.3 Å². The predicted octanol–water partition coefficient (Wildman–Crippen LogP) is 18.2. The number of thiophene rings is 1. The van der Waals surface area contributed by atoms with Crippen molar-refractivity contribution in [2.75, 3.05) is 4.90 Å². The summed E-state index contributed by atoms with van der Waals surface area (Å²) in [5.74, 6) is 0. The maximum atomic E-state index is 2.37. The first-order valence-corrected chi connectivity index (χ1v) is 22.7. The van der Waals surface area contributed by atoms with Crippen LogP contribution in [0.2, 0.25) is 0 Å². The van der Waals surface area contributed by atoms with E-state index in [1.807, 2.05) is 11.3 Å². The monoisotopic (exact) mass is 831 g/mol. The van der Waals surface area contributed by atoms with Gasteiger partial charge in [-0.15, -0.1) is 11.3 Å². The molecule has 1 aromatic heterocycles. The number of nitrogens with zero attached hydrogens (tertiary/aromatic N) is 1. The Kier molecular flexibility index (Phi) is 9.43. The van der Waals surface area contributed by atoms with Crippen molar-refractivity contribution in [2.45, 2.75) is 0 Å². The maximum Gasteiger partial charge on any atom is 0.0462 e. The summed E-state index contributed by atoms with van der Waals surface area (Å²) in [5, 5.41) is 7.63. The van der Waals surface area contributed by atoms with Gasteiger partial charge in [0.15, 0.2) is 0 Å². The van der Waals surface area contributed by atoms with E-state index < -0.39 is 0 Å². The molecule has 0 N–H and O–H groups in total. The van der Waals surface area contributed by atoms with Crippen LogP contribution in [0.25, 0.3) is 97.4 Å². The molecule has 0 aliphatic heterocycles. The lowest BCUT2D eigenvalue weighted by molar-refractivity contribution is 1.28. The molecule has 2 heteroatoms. The Bertz CT molecular complexity index is 3510. The summed E-state index contributed by atoms with van der Waals surface area (Å²) in [5.41, 5.74) is 15.6. The van der Waals surface area contributed by atoms with Gasteiger partial charge in [-0.3, -0.25) is 0 Å². The highest BCUT2D eigenvalue weighted by Crippen LogP contribution is 2.45. The molecule has 11 aromatic carbocycles. The molecule has 0 atom stereocenters. The second-order valence-electron chi connectivity index (χ2n) is 16.4. The van der Waals surface area contributed by atoms with E-state index >= 15 is 0 Å². The fraction of sp³-hybridized carbons (Fsp3) is 0. The third kappa shape index (κ3) is 6.73. The summed E-state index contributed by atoms with van der Waals surface area (Å²) in [6.07, 6.45) is 0. The highest BCUT2D eigenvalue weighted by molar-refractivity contribution is 7.26. The number of benzene rings is 11. The van der Waals surface area contributed by atoms with Crippen molar-refractivity contribution in [3.8, 4) is 55.6 Å². The fourth-order valence-corrected chi connectivity index (χ4v) is 10.9. The van der Waals surface area contributed by atoms with Crippen LogP contribution in [-0.4, -0.2) is 0 Å². The van der Waals surface area contributed by atoms with E-state index in [4.69, 9.17) is 0 Å². The number of hydrogen-bond donors (Lipinski definition) is 0. The minimum absolute atomic E-state index is 1.10. The first kappa shape index (κ1) is 37.7. The first-order chi connectivity index (χ1) is 31.7. The average Bonchev–Trinajstić information content (AvgIpc) is 3.76. The summed E-state index contributed by atoms with van der Waals surface area (Å²) in [7, 11) is 0. The lowest BCUT2D eigenvalue weighted by Gasteiger charge is -2.26. The van der Waals surface area contributed by atoms with Crippen molar-refractivity contribution in [3.05, 3.63) is 249 Å². The zero-order valence-corrected chi connectivity index (χ0v) is 35.8. The largest absolute Gasteiger partial charge is 0.311 e. The van der Waals surface area contributed by atoms with Crippen LogP contribution in [0.4, 0.5) is 17.1 Å². The summed E-state index contributed by atoms with van der Waals surface area (Å²) < 4.78 is 2.65. The molecule has 0 saturated heterocycles. The van der Waals surface area contributed by atoms with E-state index in [-0.39, 0.29) is 0 Å². The smallest absolute Gasteiger partial charge is 0.0462 e. The van der Waals surface area contributed by atoms with Gasteiger partial charge >= 0.3 is 0 Å². The van der Waals surface area contributed by atoms with E-state index in [1.165, 1.54) is 97.4 Å². The number of fused-ring (bicyclic) bond motifs is 5. The van der Waals surface area contributed by atoms with E-state index in [1.54, 1.807) is 0 Å². The topological polar surface area (TPSA) is 3.24 Å². The molecular weight excluding hydrogens is 791 g/mol. The van der Waals surface area contributed by atoms with Crippen molar-refractivity contribution in [1.82, 2.24) is 0 Å². The SMILES string of the molecule is c1ccc(-c2cccc3c2sc2c(-c4cccc(-c5ccc(N(c6ccc(-c7cccc8ccccc78)cc6)c6ccc(-c7cccc8ccccc78)cc6)cc5)c4)cccc23)cc1. The molecule has 0 bridgehead atoms. The van der Waals surface area contributed by atoms with Crippen LogP contribution in [0.1, 0.15) is 0 Å². The van der Waals surface area contributed by atoms with Crippen LogP contribution in [0.3, 0.4) is 0 Å². The Hall–Kier alpha value is -8.04. The molecule has 0 aliphatic carbocycles. The second kappa shape index (κ2) is 16.0. The van der Waals surface area contributed by atoms with Crippen LogP contribution in [0.15, 0.2) is 249 Å². The summed E-state index contributed by atoms with van der Waals surface area (Å²) in [4.78, 5) is 2.37. The van der Waals surface area contributed by atoms with Crippen molar-refractivity contribution in [3.63, 3.8) is 0 Å². The molecule has 0 saturated carbocycles. The molecule has 0 spiro atoms. The molecule has 64 heavy (non-hydrogen) atoms. The Balaban J connectivity index is 0.912. The standard InChI is InChI=1S/C62H41NS/c1-2-13-45(14-3-1)57-25-11-27-59-60-28-12-26-58(62(60)64-61(57)59)49-20-8-19-48(41-49)42-29-35-50(36-30-42)63(51-37-31-46(32-38-51)55-23-9-17-43-15-4-6-21-53(43)55)52-39-33-47(34-40-52)56-24-10-18-44-16-5-7-22-54(44)56/h1-41H. The molecule has 300 valence electrons. The highest BCUT2D eigenvalue weighted by Gasteiger charge is 2.17. The molecule has 1 heterocycles.